The third-order valence-corrected chi connectivity index (χ3v) is 9.71. The number of rotatable bonds is 8. The zero-order valence-corrected chi connectivity index (χ0v) is 21.4. The molecule has 0 amide bonds. The quantitative estimate of drug-likeness (QED) is 0.266. The summed E-state index contributed by atoms with van der Waals surface area (Å²) >= 11 is -0.176. The molecule has 28 heavy (non-hydrogen) atoms. The van der Waals surface area contributed by atoms with Gasteiger partial charge in [-0.25, -0.2) is 0 Å². The van der Waals surface area contributed by atoms with Crippen molar-refractivity contribution in [2.24, 2.45) is 5.41 Å². The molecule has 0 heterocycles. The molecule has 0 nitrogen and oxygen atoms in total. The van der Waals surface area contributed by atoms with Gasteiger partial charge in [0.2, 0.25) is 0 Å². The predicted molar refractivity (Wildman–Crippen MR) is 111 cm³/mol. The average Bonchev–Trinajstić information content (AvgIpc) is 2.66. The molecule has 0 unspecified atom stereocenters. The van der Waals surface area contributed by atoms with E-state index in [1.807, 2.05) is 0 Å². The van der Waals surface area contributed by atoms with Crippen molar-refractivity contribution in [1.29, 1.82) is 0 Å². The van der Waals surface area contributed by atoms with Gasteiger partial charge in [-0.2, -0.15) is 0 Å². The first-order chi connectivity index (χ1) is 13.5. The van der Waals surface area contributed by atoms with Crippen molar-refractivity contribution in [3.05, 3.63) is 98.7 Å². The fraction of sp³-hybridized carbons (Fsp3) is 0.308. The fourth-order valence-electron chi connectivity index (χ4n) is 3.04. The van der Waals surface area contributed by atoms with Gasteiger partial charge in [-0.3, -0.25) is 0 Å². The van der Waals surface area contributed by atoms with Crippen molar-refractivity contribution >= 4 is 0 Å². The van der Waals surface area contributed by atoms with Gasteiger partial charge in [0.05, 0.1) is 0 Å². The van der Waals surface area contributed by atoms with E-state index in [2.05, 4.69) is 99.6 Å². The fourth-order valence-corrected chi connectivity index (χ4v) is 8.55. The number of halogens is 2. The Kier molecular flexibility index (Phi) is 8.39. The van der Waals surface area contributed by atoms with Crippen molar-refractivity contribution in [3.8, 4) is 0 Å². The number of unbranched alkanes of at least 4 members (excludes halogenated alkanes) is 1. The van der Waals surface area contributed by atoms with Crippen LogP contribution in [0.3, 0.4) is 0 Å². The van der Waals surface area contributed by atoms with Crippen molar-refractivity contribution in [2.75, 3.05) is 0 Å². The van der Waals surface area contributed by atoms with Crippen LogP contribution < -0.4 is 42.4 Å². The monoisotopic (exact) mass is 596 g/mol. The maximum atomic E-state index is 2.46. The Morgan fingerprint density at radius 2 is 1.18 bits per heavy atom. The number of benzene rings is 3. The van der Waals surface area contributed by atoms with Crippen molar-refractivity contribution < 1.29 is 42.4 Å². The van der Waals surface area contributed by atoms with Gasteiger partial charge in [0, 0.05) is 0 Å². The molecule has 0 saturated heterocycles. The first kappa shape index (κ1) is 21.8. The molecule has 0 atom stereocenters. The third kappa shape index (κ3) is 7.86. The molecule has 0 radical (unpaired) electrons. The van der Waals surface area contributed by atoms with E-state index in [4.69, 9.17) is 0 Å². The summed E-state index contributed by atoms with van der Waals surface area (Å²) in [5, 5.41) is 0. The van der Waals surface area contributed by atoms with Crippen LogP contribution >= 0.6 is 0 Å². The Bertz CT molecular complexity index is 863. The van der Waals surface area contributed by atoms with Crippen molar-refractivity contribution in [2.45, 2.75) is 46.5 Å². The Balaban J connectivity index is 1.58. The Hall–Kier alpha value is -0.880. The molecule has 0 aliphatic rings. The minimum absolute atomic E-state index is 0.0735. The number of hydrogen-bond acceptors (Lipinski definition) is 0. The van der Waals surface area contributed by atoms with Gasteiger partial charge in [-0.1, -0.05) is 0 Å². The van der Waals surface area contributed by atoms with E-state index >= 15 is 0 Å². The van der Waals surface area contributed by atoms with E-state index in [1.54, 1.807) is 3.57 Å². The normalized spacial score (nSPS) is 11.8. The molecule has 3 rings (SSSR count). The molecule has 0 N–H and O–H groups in total. The van der Waals surface area contributed by atoms with Gasteiger partial charge in [-0.15, -0.1) is 0 Å². The molecule has 3 aromatic rings. The van der Waals surface area contributed by atoms with E-state index in [9.17, 15) is 0 Å². The second-order valence-corrected chi connectivity index (χ2v) is 14.4. The first-order valence-corrected chi connectivity index (χ1v) is 14.3. The van der Waals surface area contributed by atoms with E-state index in [1.165, 1.54) is 42.0 Å². The first-order valence-electron chi connectivity index (χ1n) is 10.0. The van der Waals surface area contributed by atoms with Crippen LogP contribution in [0.15, 0.2) is 78.9 Å². The Morgan fingerprint density at radius 1 is 0.607 bits per heavy atom. The van der Waals surface area contributed by atoms with Gasteiger partial charge < -0.3 is 0 Å². The molecule has 0 aliphatic heterocycles. The number of aryl methyl sites for hydroxylation is 1. The summed E-state index contributed by atoms with van der Waals surface area (Å²) in [5.74, 6) is 0. The summed E-state index contributed by atoms with van der Waals surface area (Å²) in [5.41, 5.74) is 1.97. The minimum atomic E-state index is -0.102. The molecule has 0 fully saturated rings. The zero-order chi connectivity index (χ0) is 19.8. The van der Waals surface area contributed by atoms with Gasteiger partial charge in [0.1, 0.15) is 0 Å². The molecule has 0 aliphatic carbocycles. The van der Waals surface area contributed by atoms with Crippen LogP contribution in [0.2, 0.25) is 0 Å². The Morgan fingerprint density at radius 3 is 1.86 bits per heavy atom. The van der Waals surface area contributed by atoms with Gasteiger partial charge >= 0.3 is 193 Å². The maximum absolute atomic E-state index is 2.46. The van der Waals surface area contributed by atoms with E-state index < -0.39 is 0 Å². The third-order valence-electron chi connectivity index (χ3n) is 4.49. The van der Waals surface area contributed by atoms with Crippen LogP contribution in [-0.2, 0) is 6.42 Å². The average molecular weight is 596 g/mol. The van der Waals surface area contributed by atoms with Crippen LogP contribution in [0.25, 0.3) is 0 Å². The standard InChI is InChI=1S/C26H30I2/c1-26(2,3)18-8-7-11-21-12-9-15-23(19-21)28-25-17-10-16-24(20-25)27-22-13-5-4-6-14-22/h4-6,9-10,12-17,19-20H,7-8,11,18H2,1-3H3/q-2. The van der Waals surface area contributed by atoms with Crippen LogP contribution in [0.4, 0.5) is 0 Å². The zero-order valence-electron chi connectivity index (χ0n) is 17.1. The summed E-state index contributed by atoms with van der Waals surface area (Å²) in [7, 11) is 0. The predicted octanol–water partition coefficient (Wildman–Crippen LogP) is 0.702. The summed E-state index contributed by atoms with van der Waals surface area (Å²) in [6.07, 6.45) is 5.16. The summed E-state index contributed by atoms with van der Waals surface area (Å²) < 4.78 is 6.11. The van der Waals surface area contributed by atoms with E-state index in [-0.39, 0.29) is 42.4 Å². The number of hydrogen-bond donors (Lipinski definition) is 0. The van der Waals surface area contributed by atoms with Crippen LogP contribution in [0, 0.1) is 19.7 Å². The van der Waals surface area contributed by atoms with Gasteiger partial charge in [-0.05, 0) is 0 Å². The molecule has 0 spiro atoms. The van der Waals surface area contributed by atoms with E-state index in [0.29, 0.717) is 5.41 Å². The molecule has 0 saturated carbocycles. The summed E-state index contributed by atoms with van der Waals surface area (Å²) in [4.78, 5) is 0. The van der Waals surface area contributed by atoms with E-state index in [0.717, 1.165) is 0 Å². The molecular weight excluding hydrogens is 566 g/mol. The summed E-state index contributed by atoms with van der Waals surface area (Å²) in [6, 6.07) is 29.6. The molecule has 2 heteroatoms. The topological polar surface area (TPSA) is 0 Å². The molecular formula is C26H30I2-2. The van der Waals surface area contributed by atoms with Gasteiger partial charge in [0.25, 0.3) is 0 Å². The second-order valence-electron chi connectivity index (χ2n) is 8.32. The second kappa shape index (κ2) is 10.8. The van der Waals surface area contributed by atoms with Crippen molar-refractivity contribution in [3.63, 3.8) is 0 Å². The van der Waals surface area contributed by atoms with Gasteiger partial charge in [0.15, 0.2) is 0 Å². The molecule has 0 aromatic heterocycles. The molecule has 0 bridgehead atoms. The van der Waals surface area contributed by atoms with Crippen molar-refractivity contribution in [1.82, 2.24) is 0 Å². The molecule has 3 aromatic carbocycles. The SMILES string of the molecule is CC(C)(C)CCCCc1cccc([I-]c2cccc([I-]c3ccccc3)c2)c1. The molecule has 150 valence electrons. The van der Waals surface area contributed by atoms with Crippen LogP contribution in [0.1, 0.15) is 45.6 Å². The van der Waals surface area contributed by atoms with Crippen LogP contribution in [-0.4, -0.2) is 0 Å². The Labute approximate surface area is 191 Å². The summed E-state index contributed by atoms with van der Waals surface area (Å²) in [6.45, 7) is 7.02. The van der Waals surface area contributed by atoms with Crippen LogP contribution in [0.5, 0.6) is 0 Å².